The number of halogens is 2. The zero-order chi connectivity index (χ0) is 8.81. The van der Waals surface area contributed by atoms with Gasteiger partial charge >= 0.3 is 94.3 Å². The summed E-state index contributed by atoms with van der Waals surface area (Å²) in [5, 5.41) is 0. The Morgan fingerprint density at radius 2 is 2.00 bits per heavy atom. The van der Waals surface area contributed by atoms with Gasteiger partial charge in [-0.05, 0) is 0 Å². The zero-order valence-corrected chi connectivity index (χ0v) is 11.1. The summed E-state index contributed by atoms with van der Waals surface area (Å²) in [7, 11) is 0. The predicted octanol–water partition coefficient (Wildman–Crippen LogP) is -3.83. The second kappa shape index (κ2) is 5.90. The van der Waals surface area contributed by atoms with Crippen molar-refractivity contribution in [3.05, 3.63) is 33.9 Å². The predicted molar refractivity (Wildman–Crippen MR) is 41.1 cm³/mol. The zero-order valence-electron chi connectivity index (χ0n) is 6.76. The summed E-state index contributed by atoms with van der Waals surface area (Å²) in [4.78, 5) is 11.3. The first-order valence-electron chi connectivity index (χ1n) is 3.66. The Morgan fingerprint density at radius 3 is 2.58 bits per heavy atom. The van der Waals surface area contributed by atoms with E-state index in [-0.39, 0.29) is 42.4 Å². The van der Waals surface area contributed by atoms with Crippen LogP contribution in [0.1, 0.15) is 6.92 Å². The van der Waals surface area contributed by atoms with E-state index < -0.39 is 0 Å². The third-order valence-electron chi connectivity index (χ3n) is 1.16. The number of hydrogen-bond donors (Lipinski definition) is 0. The molecule has 1 aromatic carbocycles. The second-order valence-electron chi connectivity index (χ2n) is 2.02. The van der Waals surface area contributed by atoms with E-state index >= 15 is 0 Å². The van der Waals surface area contributed by atoms with Crippen molar-refractivity contribution in [2.24, 2.45) is 0 Å². The van der Waals surface area contributed by atoms with Crippen LogP contribution < -0.4 is 42.4 Å². The molecule has 0 N–H and O–H groups in total. The molecule has 0 amide bonds. The third kappa shape index (κ3) is 3.84. The Hall–Kier alpha value is 0.350. The molecule has 0 aromatic heterocycles. The number of benzene rings is 1. The Balaban J connectivity index is 2.47. The average Bonchev–Trinajstić information content (AvgIpc) is 2.06. The van der Waals surface area contributed by atoms with Crippen molar-refractivity contribution in [3.63, 3.8) is 0 Å². The number of alkyl halides is 1. The molecule has 1 rings (SSSR count). The molecular weight excluding hydrogens is 378 g/mol. The van der Waals surface area contributed by atoms with E-state index in [0.29, 0.717) is 1.80 Å². The summed E-state index contributed by atoms with van der Waals surface area (Å²) in [5.74, 6) is 0. The minimum absolute atomic E-state index is 0.151. The van der Waals surface area contributed by atoms with Crippen LogP contribution in [0.15, 0.2) is 30.3 Å². The first-order chi connectivity index (χ1) is 5.83. The molecule has 12 heavy (non-hydrogen) atoms. The molecule has 1 aromatic rings. The molecule has 0 aliphatic rings. The van der Waals surface area contributed by atoms with Gasteiger partial charge in [-0.15, -0.1) is 0 Å². The molecule has 1 nitrogen and oxygen atoms in total. The third-order valence-corrected chi connectivity index (χ3v) is 7.59. The Bertz CT molecular complexity index is 246. The van der Waals surface area contributed by atoms with E-state index in [0.717, 1.165) is 4.43 Å². The summed E-state index contributed by atoms with van der Waals surface area (Å²) in [6.45, 7) is 2.10. The van der Waals surface area contributed by atoms with Gasteiger partial charge in [0.25, 0.3) is 0 Å². The maximum atomic E-state index is 11.3. The van der Waals surface area contributed by atoms with Crippen LogP contribution in [0.4, 0.5) is 4.79 Å². The second-order valence-corrected chi connectivity index (χ2v) is 10.1. The Kier molecular flexibility index (Phi) is 5.13. The topological polar surface area (TPSA) is 17.1 Å². The van der Waals surface area contributed by atoms with Crippen molar-refractivity contribution in [3.8, 4) is 0 Å². The van der Waals surface area contributed by atoms with Gasteiger partial charge in [0.2, 0.25) is 0 Å². The van der Waals surface area contributed by atoms with Crippen LogP contribution in [-0.2, 0) is 0 Å². The van der Waals surface area contributed by atoms with Gasteiger partial charge in [0.1, 0.15) is 0 Å². The van der Waals surface area contributed by atoms with Crippen molar-refractivity contribution in [2.45, 2.75) is 6.92 Å². The van der Waals surface area contributed by atoms with Gasteiger partial charge in [-0.1, -0.05) is 0 Å². The van der Waals surface area contributed by atoms with E-state index in [2.05, 4.69) is 19.1 Å². The molecule has 0 bridgehead atoms. The molecule has 0 heterocycles. The summed E-state index contributed by atoms with van der Waals surface area (Å²) in [6, 6.07) is 10.1. The summed E-state index contributed by atoms with van der Waals surface area (Å²) < 4.78 is 2.90. The first kappa shape index (κ1) is 10.4. The molecule has 0 unspecified atom stereocenters. The van der Waals surface area contributed by atoms with E-state index in [1.807, 2.05) is 18.2 Å². The van der Waals surface area contributed by atoms with Crippen molar-refractivity contribution in [1.82, 2.24) is 0 Å². The molecular formula is C9H10I2O-2. The van der Waals surface area contributed by atoms with E-state index in [1.165, 1.54) is 3.57 Å². The van der Waals surface area contributed by atoms with E-state index in [1.54, 1.807) is 0 Å². The quantitative estimate of drug-likeness (QED) is 0.294. The molecule has 0 atom stereocenters. The van der Waals surface area contributed by atoms with Crippen LogP contribution in [0.5, 0.6) is 0 Å². The van der Waals surface area contributed by atoms with Gasteiger partial charge in [-0.2, -0.15) is 0 Å². The molecule has 3 heteroatoms. The normalized spacial score (nSPS) is 10.4. The molecule has 0 saturated heterocycles. The van der Waals surface area contributed by atoms with Crippen LogP contribution in [0.2, 0.25) is 0 Å². The van der Waals surface area contributed by atoms with Crippen molar-refractivity contribution >= 4 is 1.80 Å². The number of hydrogen-bond acceptors (Lipinski definition) is 1. The average molecular weight is 388 g/mol. The summed E-state index contributed by atoms with van der Waals surface area (Å²) in [5.41, 5.74) is 0. The van der Waals surface area contributed by atoms with Crippen LogP contribution >= 0.6 is 0 Å². The monoisotopic (exact) mass is 388 g/mol. The number of carbonyl (C=O) groups is 1. The summed E-state index contributed by atoms with van der Waals surface area (Å²) >= 11 is -0.483. The molecule has 0 fully saturated rings. The first-order valence-corrected chi connectivity index (χ1v) is 8.42. The molecule has 0 spiro atoms. The molecule has 0 aliphatic carbocycles. The minimum atomic E-state index is -0.332. The van der Waals surface area contributed by atoms with Crippen LogP contribution in [0.25, 0.3) is 0 Å². The van der Waals surface area contributed by atoms with Gasteiger partial charge in [-0.3, -0.25) is 0 Å². The van der Waals surface area contributed by atoms with Gasteiger partial charge in [0, 0.05) is 0 Å². The number of rotatable bonds is 4. The van der Waals surface area contributed by atoms with Gasteiger partial charge in [0.05, 0.1) is 0 Å². The van der Waals surface area contributed by atoms with Crippen molar-refractivity contribution in [2.75, 3.05) is 4.43 Å². The van der Waals surface area contributed by atoms with Crippen molar-refractivity contribution < 1.29 is 47.2 Å². The van der Waals surface area contributed by atoms with Gasteiger partial charge in [-0.25, -0.2) is 0 Å². The van der Waals surface area contributed by atoms with Gasteiger partial charge < -0.3 is 0 Å². The number of carbonyl (C=O) groups excluding carboxylic acids is 1. The Morgan fingerprint density at radius 1 is 1.33 bits per heavy atom. The Labute approximate surface area is 93.5 Å². The van der Waals surface area contributed by atoms with E-state index in [4.69, 9.17) is 0 Å². The fourth-order valence-corrected chi connectivity index (χ4v) is 7.18. The maximum absolute atomic E-state index is 11.3. The molecule has 68 valence electrons. The van der Waals surface area contributed by atoms with E-state index in [9.17, 15) is 4.79 Å². The van der Waals surface area contributed by atoms with Crippen LogP contribution in [0.3, 0.4) is 0 Å². The van der Waals surface area contributed by atoms with Gasteiger partial charge in [0.15, 0.2) is 0 Å². The molecule has 0 saturated carbocycles. The van der Waals surface area contributed by atoms with Crippen LogP contribution in [-0.4, -0.2) is 6.22 Å². The van der Waals surface area contributed by atoms with Crippen LogP contribution in [0, 0.1) is 3.57 Å². The molecule has 0 radical (unpaired) electrons. The fraction of sp³-hybridized carbons (Fsp3) is 0.222. The fourth-order valence-electron chi connectivity index (χ4n) is 0.694. The summed E-state index contributed by atoms with van der Waals surface area (Å²) in [6.07, 6.45) is 0. The van der Waals surface area contributed by atoms with Crippen molar-refractivity contribution in [1.29, 1.82) is 0 Å². The standard InChI is InChI=1S/C9H10I2O/c1-2-10-9(12)11-8-6-4-3-5-7-8/h3-7H,2H2,1H3/q-2. The molecule has 0 aliphatic heterocycles. The SMILES string of the molecule is CC[I-]C(=O)[I-]c1ccccc1.